The summed E-state index contributed by atoms with van der Waals surface area (Å²) in [5, 5.41) is 0. The molecule has 2 rings (SSSR count). The highest BCUT2D eigenvalue weighted by Gasteiger charge is 2.12. The van der Waals surface area contributed by atoms with E-state index in [1.807, 2.05) is 19.1 Å². The van der Waals surface area contributed by atoms with Gasteiger partial charge in [0, 0.05) is 11.6 Å². The van der Waals surface area contributed by atoms with Crippen LogP contribution in [0, 0.1) is 11.6 Å². The molecule has 0 radical (unpaired) electrons. The van der Waals surface area contributed by atoms with Crippen molar-refractivity contribution in [2.45, 2.75) is 13.0 Å². The molecule has 1 atom stereocenters. The van der Waals surface area contributed by atoms with E-state index >= 15 is 0 Å². The van der Waals surface area contributed by atoms with Gasteiger partial charge in [-0.05, 0) is 30.2 Å². The Hall–Kier alpha value is -1.94. The Morgan fingerprint density at radius 2 is 1.61 bits per heavy atom. The Morgan fingerprint density at radius 1 is 1.00 bits per heavy atom. The average Bonchev–Trinajstić information content (AvgIpc) is 2.36. The molecule has 0 aliphatic heterocycles. The van der Waals surface area contributed by atoms with E-state index in [-0.39, 0.29) is 11.6 Å². The second-order valence-corrected chi connectivity index (χ2v) is 4.23. The SMILES string of the molecule is CC(N)c1ccc(-c2ccc(F)c(N)c2F)cc1. The van der Waals surface area contributed by atoms with Crippen molar-refractivity contribution in [3.05, 3.63) is 53.6 Å². The van der Waals surface area contributed by atoms with Crippen molar-refractivity contribution in [2.24, 2.45) is 5.73 Å². The van der Waals surface area contributed by atoms with Crippen molar-refractivity contribution in [3.63, 3.8) is 0 Å². The Bertz CT molecular complexity index is 563. The maximum absolute atomic E-state index is 13.8. The highest BCUT2D eigenvalue weighted by atomic mass is 19.1. The molecule has 0 amide bonds. The Labute approximate surface area is 104 Å². The van der Waals surface area contributed by atoms with Crippen LogP contribution in [0.1, 0.15) is 18.5 Å². The number of rotatable bonds is 2. The van der Waals surface area contributed by atoms with Crippen LogP contribution < -0.4 is 11.5 Å². The largest absolute Gasteiger partial charge is 0.394 e. The standard InChI is InChI=1S/C14H14F2N2/c1-8(17)9-2-4-10(5-3-9)11-6-7-12(15)14(18)13(11)16/h2-8H,17-18H2,1H3. The molecule has 94 valence electrons. The summed E-state index contributed by atoms with van der Waals surface area (Å²) in [5.74, 6) is -1.48. The van der Waals surface area contributed by atoms with Gasteiger partial charge in [-0.2, -0.15) is 0 Å². The summed E-state index contributed by atoms with van der Waals surface area (Å²) in [5.41, 5.74) is 12.5. The van der Waals surface area contributed by atoms with Crippen LogP contribution in [-0.4, -0.2) is 0 Å². The quantitative estimate of drug-likeness (QED) is 0.802. The van der Waals surface area contributed by atoms with E-state index in [0.717, 1.165) is 11.6 Å². The lowest BCUT2D eigenvalue weighted by atomic mass is 10.0. The fourth-order valence-electron chi connectivity index (χ4n) is 1.76. The third-order valence-corrected chi connectivity index (χ3v) is 2.87. The molecule has 0 heterocycles. The summed E-state index contributed by atoms with van der Waals surface area (Å²) in [4.78, 5) is 0. The number of halogens is 2. The molecule has 0 bridgehead atoms. The van der Waals surface area contributed by atoms with Crippen molar-refractivity contribution >= 4 is 5.69 Å². The first kappa shape index (κ1) is 12.5. The van der Waals surface area contributed by atoms with E-state index < -0.39 is 17.3 Å². The molecule has 1 unspecified atom stereocenters. The van der Waals surface area contributed by atoms with Crippen LogP contribution in [0.15, 0.2) is 36.4 Å². The van der Waals surface area contributed by atoms with Crippen LogP contribution in [0.4, 0.5) is 14.5 Å². The number of nitrogen functional groups attached to an aromatic ring is 1. The van der Waals surface area contributed by atoms with Gasteiger partial charge in [0.1, 0.15) is 11.5 Å². The van der Waals surface area contributed by atoms with Gasteiger partial charge in [0.05, 0.1) is 0 Å². The molecule has 0 saturated heterocycles. The van der Waals surface area contributed by atoms with E-state index in [0.29, 0.717) is 5.56 Å². The minimum absolute atomic E-state index is 0.0813. The van der Waals surface area contributed by atoms with Crippen LogP contribution in [0.5, 0.6) is 0 Å². The fourth-order valence-corrected chi connectivity index (χ4v) is 1.76. The smallest absolute Gasteiger partial charge is 0.156 e. The second kappa shape index (κ2) is 4.74. The van der Waals surface area contributed by atoms with Gasteiger partial charge < -0.3 is 11.5 Å². The van der Waals surface area contributed by atoms with Crippen molar-refractivity contribution in [1.29, 1.82) is 0 Å². The first-order valence-corrected chi connectivity index (χ1v) is 5.60. The summed E-state index contributed by atoms with van der Waals surface area (Å²) in [7, 11) is 0. The number of nitrogens with two attached hydrogens (primary N) is 2. The molecule has 2 aromatic rings. The predicted molar refractivity (Wildman–Crippen MR) is 68.8 cm³/mol. The topological polar surface area (TPSA) is 52.0 Å². The molecular formula is C14H14F2N2. The number of benzene rings is 2. The molecule has 2 nitrogen and oxygen atoms in total. The summed E-state index contributed by atoms with van der Waals surface area (Å²) in [6.07, 6.45) is 0. The lowest BCUT2D eigenvalue weighted by molar-refractivity contribution is 0.594. The van der Waals surface area contributed by atoms with E-state index in [4.69, 9.17) is 11.5 Å². The van der Waals surface area contributed by atoms with Gasteiger partial charge in [0.25, 0.3) is 0 Å². The fraction of sp³-hybridized carbons (Fsp3) is 0.143. The van der Waals surface area contributed by atoms with Crippen molar-refractivity contribution < 1.29 is 8.78 Å². The summed E-state index contributed by atoms with van der Waals surface area (Å²) < 4.78 is 26.9. The highest BCUT2D eigenvalue weighted by Crippen LogP contribution is 2.28. The Balaban J connectivity index is 2.46. The van der Waals surface area contributed by atoms with E-state index in [1.165, 1.54) is 6.07 Å². The average molecular weight is 248 g/mol. The van der Waals surface area contributed by atoms with Crippen LogP contribution in [0.2, 0.25) is 0 Å². The lowest BCUT2D eigenvalue weighted by Crippen LogP contribution is -2.04. The maximum Gasteiger partial charge on any atom is 0.156 e. The van der Waals surface area contributed by atoms with Gasteiger partial charge in [-0.25, -0.2) is 8.78 Å². The van der Waals surface area contributed by atoms with Gasteiger partial charge in [-0.3, -0.25) is 0 Å². The molecule has 4 heteroatoms. The minimum atomic E-state index is -0.747. The predicted octanol–water partition coefficient (Wildman–Crippen LogP) is 3.23. The Kier molecular flexibility index (Phi) is 3.30. The first-order valence-electron chi connectivity index (χ1n) is 5.60. The summed E-state index contributed by atoms with van der Waals surface area (Å²) in [6.45, 7) is 1.87. The maximum atomic E-state index is 13.8. The van der Waals surface area contributed by atoms with Crippen LogP contribution in [0.3, 0.4) is 0 Å². The number of hydrogen-bond acceptors (Lipinski definition) is 2. The molecule has 0 spiro atoms. The van der Waals surface area contributed by atoms with Crippen LogP contribution in [0.25, 0.3) is 11.1 Å². The minimum Gasteiger partial charge on any atom is -0.394 e. The van der Waals surface area contributed by atoms with Gasteiger partial charge in [0.15, 0.2) is 5.82 Å². The van der Waals surface area contributed by atoms with E-state index in [9.17, 15) is 8.78 Å². The zero-order valence-electron chi connectivity index (χ0n) is 9.95. The van der Waals surface area contributed by atoms with Crippen molar-refractivity contribution in [1.82, 2.24) is 0 Å². The monoisotopic (exact) mass is 248 g/mol. The first-order chi connectivity index (χ1) is 8.50. The number of anilines is 1. The van der Waals surface area contributed by atoms with Gasteiger partial charge in [-0.1, -0.05) is 24.3 Å². The van der Waals surface area contributed by atoms with Crippen LogP contribution in [-0.2, 0) is 0 Å². The molecule has 0 aliphatic rings. The van der Waals surface area contributed by atoms with Gasteiger partial charge >= 0.3 is 0 Å². The summed E-state index contributed by atoms with van der Waals surface area (Å²) >= 11 is 0. The zero-order chi connectivity index (χ0) is 13.3. The molecule has 0 aliphatic carbocycles. The Morgan fingerprint density at radius 3 is 2.17 bits per heavy atom. The van der Waals surface area contributed by atoms with E-state index in [1.54, 1.807) is 12.1 Å². The molecule has 4 N–H and O–H groups in total. The van der Waals surface area contributed by atoms with Crippen molar-refractivity contribution in [2.75, 3.05) is 5.73 Å². The third kappa shape index (κ3) is 2.19. The summed E-state index contributed by atoms with van der Waals surface area (Å²) in [6, 6.07) is 9.58. The van der Waals surface area contributed by atoms with Gasteiger partial charge in [0.2, 0.25) is 0 Å². The molecule has 2 aromatic carbocycles. The normalized spacial score (nSPS) is 12.4. The number of hydrogen-bond donors (Lipinski definition) is 2. The lowest BCUT2D eigenvalue weighted by Gasteiger charge is -2.09. The van der Waals surface area contributed by atoms with Crippen molar-refractivity contribution in [3.8, 4) is 11.1 Å². The molecule has 0 saturated carbocycles. The molecular weight excluding hydrogens is 234 g/mol. The molecule has 18 heavy (non-hydrogen) atoms. The molecule has 0 fully saturated rings. The zero-order valence-corrected chi connectivity index (χ0v) is 9.95. The van der Waals surface area contributed by atoms with E-state index in [2.05, 4.69) is 0 Å². The van der Waals surface area contributed by atoms with Gasteiger partial charge in [-0.15, -0.1) is 0 Å². The van der Waals surface area contributed by atoms with Crippen LogP contribution >= 0.6 is 0 Å². The second-order valence-electron chi connectivity index (χ2n) is 4.23. The molecule has 0 aromatic heterocycles. The third-order valence-electron chi connectivity index (χ3n) is 2.87. The highest BCUT2D eigenvalue weighted by molar-refractivity contribution is 5.69.